The molecule has 2 fully saturated rings. The zero-order chi connectivity index (χ0) is 26.4. The minimum Gasteiger partial charge on any atom is -0.381 e. The third-order valence-electron chi connectivity index (χ3n) is 7.54. The Bertz CT molecular complexity index is 1560. The largest absolute Gasteiger partial charge is 0.381 e. The van der Waals surface area contributed by atoms with E-state index in [0.717, 1.165) is 53.9 Å². The normalized spacial score (nSPS) is 21.4. The van der Waals surface area contributed by atoms with Crippen LogP contribution in [0.4, 0.5) is 4.39 Å². The molecule has 2 aromatic carbocycles. The first kappa shape index (κ1) is 25.1. The van der Waals surface area contributed by atoms with Crippen molar-refractivity contribution >= 4 is 20.9 Å². The highest BCUT2D eigenvalue weighted by Gasteiger charge is 2.38. The second kappa shape index (κ2) is 9.84. The van der Waals surface area contributed by atoms with E-state index < -0.39 is 10.0 Å². The molecule has 2 aliphatic rings. The number of piperazine rings is 1. The fourth-order valence-corrected chi connectivity index (χ4v) is 6.83. The molecule has 0 aliphatic carbocycles. The number of aromatic nitrogens is 5. The van der Waals surface area contributed by atoms with Crippen LogP contribution in [0.25, 0.3) is 16.6 Å². The minimum atomic E-state index is -3.78. The van der Waals surface area contributed by atoms with Gasteiger partial charge in [-0.25, -0.2) is 17.5 Å². The van der Waals surface area contributed by atoms with Gasteiger partial charge < -0.3 is 4.74 Å². The average molecular weight is 540 g/mol. The van der Waals surface area contributed by atoms with Gasteiger partial charge in [0.05, 0.1) is 30.2 Å². The molecule has 2 atom stereocenters. The smallest absolute Gasteiger partial charge is 0.264 e. The van der Waals surface area contributed by atoms with E-state index in [9.17, 15) is 12.8 Å². The lowest BCUT2D eigenvalue weighted by molar-refractivity contribution is 0.0928. The van der Waals surface area contributed by atoms with Gasteiger partial charge in [0.2, 0.25) is 5.03 Å². The molecule has 1 unspecified atom stereocenters. The Morgan fingerprint density at radius 1 is 1.11 bits per heavy atom. The first-order chi connectivity index (χ1) is 18.3. The lowest BCUT2D eigenvalue weighted by atomic mass is 9.95. The Kier molecular flexibility index (Phi) is 6.50. The van der Waals surface area contributed by atoms with Crippen molar-refractivity contribution < 1.29 is 17.5 Å². The van der Waals surface area contributed by atoms with Gasteiger partial charge >= 0.3 is 0 Å². The number of ether oxygens (including phenoxy) is 1. The number of halogens is 1. The maximum absolute atomic E-state index is 13.5. The Labute approximate surface area is 220 Å². The third kappa shape index (κ3) is 4.62. The summed E-state index contributed by atoms with van der Waals surface area (Å²) < 4.78 is 49.3. The summed E-state index contributed by atoms with van der Waals surface area (Å²) >= 11 is 0. The summed E-state index contributed by atoms with van der Waals surface area (Å²) in [4.78, 5) is 3.65. The quantitative estimate of drug-likeness (QED) is 0.372. The van der Waals surface area contributed by atoms with Crippen molar-refractivity contribution in [1.29, 1.82) is 0 Å². The Hall–Kier alpha value is -3.19. The highest BCUT2D eigenvalue weighted by atomic mass is 32.2. The van der Waals surface area contributed by atoms with Gasteiger partial charge in [0.15, 0.2) is 0 Å². The molecule has 2 saturated heterocycles. The minimum absolute atomic E-state index is 0.0378. The monoisotopic (exact) mass is 539 g/mol. The van der Waals surface area contributed by atoms with Gasteiger partial charge in [-0.2, -0.15) is 19.3 Å². The number of benzene rings is 2. The van der Waals surface area contributed by atoms with Crippen molar-refractivity contribution in [3.63, 3.8) is 0 Å². The van der Waals surface area contributed by atoms with Crippen LogP contribution < -0.4 is 0 Å². The van der Waals surface area contributed by atoms with Crippen LogP contribution in [0.5, 0.6) is 0 Å². The summed E-state index contributed by atoms with van der Waals surface area (Å²) in [6.07, 6.45) is 4.11. The Balaban J connectivity index is 1.37. The number of hydrogen-bond acceptors (Lipinski definition) is 7. The summed E-state index contributed by atoms with van der Waals surface area (Å²) in [6.45, 7) is 5.68. The molecule has 12 heteroatoms. The zero-order valence-electron chi connectivity index (χ0n) is 21.4. The predicted molar refractivity (Wildman–Crippen MR) is 139 cm³/mol. The second-order valence-electron chi connectivity index (χ2n) is 10.1. The van der Waals surface area contributed by atoms with Crippen LogP contribution in [0.15, 0.2) is 53.8 Å². The molecule has 38 heavy (non-hydrogen) atoms. The van der Waals surface area contributed by atoms with E-state index >= 15 is 0 Å². The van der Waals surface area contributed by atoms with Crippen LogP contribution in [-0.2, 0) is 21.8 Å². The molecule has 0 saturated carbocycles. The zero-order valence-corrected chi connectivity index (χ0v) is 22.2. The molecule has 0 radical (unpaired) electrons. The van der Waals surface area contributed by atoms with Crippen molar-refractivity contribution in [2.45, 2.75) is 24.4 Å². The standard InChI is InChI=1S/C26H30FN7O3S/c1-18-11-24-20(13-29-34(24)22-5-3-21(27)4-6-22)12-23(18)25-16-33(38(35,36)26-14-28-31(2)30-26)9-8-32(25)15-19-7-10-37-17-19/h3-6,11-14,19,25H,7-10,15-17H2,1-2H3/t19?,25-/m0/s1. The Morgan fingerprint density at radius 2 is 1.92 bits per heavy atom. The maximum Gasteiger partial charge on any atom is 0.264 e. The second-order valence-corrected chi connectivity index (χ2v) is 12.0. The average Bonchev–Trinajstić information content (AvgIpc) is 3.66. The number of hydrogen-bond donors (Lipinski definition) is 0. The van der Waals surface area contributed by atoms with E-state index in [1.807, 2.05) is 6.92 Å². The van der Waals surface area contributed by atoms with Crippen molar-refractivity contribution in [1.82, 2.24) is 34.0 Å². The number of aryl methyl sites for hydroxylation is 2. The highest BCUT2D eigenvalue weighted by molar-refractivity contribution is 7.89. The molecular weight excluding hydrogens is 509 g/mol. The molecule has 0 bridgehead atoms. The van der Waals surface area contributed by atoms with Crippen LogP contribution in [0.3, 0.4) is 0 Å². The molecule has 2 aliphatic heterocycles. The number of nitrogens with zero attached hydrogens (tertiary/aromatic N) is 7. The van der Waals surface area contributed by atoms with Crippen molar-refractivity contribution in [2.24, 2.45) is 13.0 Å². The lowest BCUT2D eigenvalue weighted by Gasteiger charge is -2.42. The van der Waals surface area contributed by atoms with Gasteiger partial charge in [-0.05, 0) is 66.8 Å². The number of sulfonamides is 1. The lowest BCUT2D eigenvalue weighted by Crippen LogP contribution is -2.51. The molecule has 4 aromatic rings. The summed E-state index contributed by atoms with van der Waals surface area (Å²) in [5.41, 5.74) is 3.79. The molecule has 0 amide bonds. The maximum atomic E-state index is 13.5. The summed E-state index contributed by atoms with van der Waals surface area (Å²) in [5.74, 6) is 0.126. The van der Waals surface area contributed by atoms with Gasteiger partial charge in [-0.15, -0.1) is 5.10 Å². The fourth-order valence-electron chi connectivity index (χ4n) is 5.51. The van der Waals surface area contributed by atoms with Gasteiger partial charge in [-0.3, -0.25) is 4.90 Å². The number of fused-ring (bicyclic) bond motifs is 1. The van der Waals surface area contributed by atoms with E-state index in [1.54, 1.807) is 30.1 Å². The van der Waals surface area contributed by atoms with E-state index in [0.29, 0.717) is 25.6 Å². The predicted octanol–water partition coefficient (Wildman–Crippen LogP) is 2.69. The highest BCUT2D eigenvalue weighted by Crippen LogP contribution is 2.34. The summed E-state index contributed by atoms with van der Waals surface area (Å²) in [7, 11) is -2.18. The van der Waals surface area contributed by atoms with Gasteiger partial charge in [0.1, 0.15) is 5.82 Å². The van der Waals surface area contributed by atoms with Gasteiger partial charge in [-0.1, -0.05) is 0 Å². The summed E-state index contributed by atoms with van der Waals surface area (Å²) in [5, 5.41) is 13.5. The van der Waals surface area contributed by atoms with Crippen LogP contribution in [-0.4, -0.2) is 81.8 Å². The van der Waals surface area contributed by atoms with E-state index in [4.69, 9.17) is 4.74 Å². The van der Waals surface area contributed by atoms with Crippen molar-refractivity contribution in [3.8, 4) is 5.69 Å². The molecule has 200 valence electrons. The van der Waals surface area contributed by atoms with Crippen LogP contribution in [0, 0.1) is 18.7 Å². The fraction of sp³-hybridized carbons (Fsp3) is 0.423. The molecule has 10 nitrogen and oxygen atoms in total. The third-order valence-corrected chi connectivity index (χ3v) is 9.27. The van der Waals surface area contributed by atoms with Gasteiger partial charge in [0.25, 0.3) is 10.0 Å². The van der Waals surface area contributed by atoms with Crippen LogP contribution in [0.1, 0.15) is 23.6 Å². The molecule has 4 heterocycles. The molecule has 0 N–H and O–H groups in total. The topological polar surface area (TPSA) is 98.4 Å². The Morgan fingerprint density at radius 3 is 2.63 bits per heavy atom. The molecular formula is C26H30FN7O3S. The van der Waals surface area contributed by atoms with E-state index in [-0.39, 0.29) is 16.9 Å². The van der Waals surface area contributed by atoms with Crippen LogP contribution >= 0.6 is 0 Å². The van der Waals surface area contributed by atoms with E-state index in [1.165, 1.54) is 27.4 Å². The van der Waals surface area contributed by atoms with Crippen molar-refractivity contribution in [3.05, 3.63) is 65.7 Å². The first-order valence-electron chi connectivity index (χ1n) is 12.7. The van der Waals surface area contributed by atoms with Gasteiger partial charge in [0, 0.05) is 51.3 Å². The van der Waals surface area contributed by atoms with Crippen LogP contribution in [0.2, 0.25) is 0 Å². The molecule has 0 spiro atoms. The SMILES string of the molecule is Cc1cc2c(cnn2-c2ccc(F)cc2)cc1[C@@H]1CN(S(=O)(=O)c2cnn(C)n2)CCN1CC1CCOC1. The molecule has 2 aromatic heterocycles. The number of rotatable bonds is 6. The van der Waals surface area contributed by atoms with E-state index in [2.05, 4.69) is 32.3 Å². The first-order valence-corrected chi connectivity index (χ1v) is 14.2. The molecule has 6 rings (SSSR count). The van der Waals surface area contributed by atoms with Crippen molar-refractivity contribution in [2.75, 3.05) is 39.4 Å². The summed E-state index contributed by atoms with van der Waals surface area (Å²) in [6, 6.07) is 10.3.